The van der Waals surface area contributed by atoms with Crippen molar-refractivity contribution in [3.63, 3.8) is 0 Å². The number of carbonyl (C=O) groups excluding carboxylic acids is 2. The molecule has 0 fully saturated rings. The number of carboxylic acid groups (broad SMARTS) is 1. The molecule has 2 amide bonds. The second-order valence-electron chi connectivity index (χ2n) is 6.34. The Hall–Kier alpha value is -2.42. The molecule has 0 saturated carbocycles. The number of rotatable bonds is 5. The van der Waals surface area contributed by atoms with Crippen molar-refractivity contribution in [3.8, 4) is 0 Å². The van der Waals surface area contributed by atoms with Crippen LogP contribution in [-0.4, -0.2) is 60.1 Å². The first-order valence-corrected chi connectivity index (χ1v) is 9.13. The topological polar surface area (TPSA) is 112 Å². The molecule has 1 unspecified atom stereocenters. The van der Waals surface area contributed by atoms with Crippen molar-refractivity contribution in [2.75, 3.05) is 13.6 Å². The van der Waals surface area contributed by atoms with Gasteiger partial charge in [-0.1, -0.05) is 6.92 Å². The molecule has 1 aliphatic rings. The summed E-state index contributed by atoms with van der Waals surface area (Å²) in [6.45, 7) is 4.64. The maximum atomic E-state index is 12.6. The third-order valence-electron chi connectivity index (χ3n) is 3.98. The molecule has 1 aromatic rings. The van der Waals surface area contributed by atoms with Crippen LogP contribution in [0.3, 0.4) is 0 Å². The fraction of sp³-hybridized carbons (Fsp3) is 0.438. The fourth-order valence-corrected chi connectivity index (χ4v) is 4.48. The molecule has 0 aromatic heterocycles. The number of aliphatic carboxylic acids is 1. The molecule has 1 N–H and O–H groups in total. The molecule has 1 aliphatic heterocycles. The minimum atomic E-state index is -3.99. The van der Waals surface area contributed by atoms with E-state index in [1.807, 2.05) is 0 Å². The van der Waals surface area contributed by atoms with Gasteiger partial charge in [0.1, 0.15) is 4.90 Å². The molecular formula is C16H20N2O6S. The maximum Gasteiger partial charge on any atom is 0.308 e. The predicted octanol–water partition coefficient (Wildman–Crippen LogP) is 1.03. The van der Waals surface area contributed by atoms with Crippen LogP contribution in [-0.2, 0) is 14.8 Å². The fourth-order valence-electron chi connectivity index (χ4n) is 2.68. The number of amides is 2. The Morgan fingerprint density at radius 2 is 1.84 bits per heavy atom. The summed E-state index contributed by atoms with van der Waals surface area (Å²) in [5.41, 5.74) is 0.118. The van der Waals surface area contributed by atoms with Crippen LogP contribution < -0.4 is 0 Å². The molecule has 1 atom stereocenters. The number of benzene rings is 1. The van der Waals surface area contributed by atoms with Crippen LogP contribution in [0.2, 0.25) is 0 Å². The van der Waals surface area contributed by atoms with Crippen molar-refractivity contribution in [2.45, 2.75) is 31.7 Å². The highest BCUT2D eigenvalue weighted by Gasteiger charge is 2.43. The van der Waals surface area contributed by atoms with Crippen molar-refractivity contribution in [1.29, 1.82) is 0 Å². The molecule has 9 heteroatoms. The average molecular weight is 368 g/mol. The lowest BCUT2D eigenvalue weighted by atomic mass is 10.1. The molecule has 25 heavy (non-hydrogen) atoms. The number of hydrogen-bond donors (Lipinski definition) is 1. The van der Waals surface area contributed by atoms with Gasteiger partial charge in [-0.05, 0) is 32.0 Å². The molecule has 0 saturated heterocycles. The van der Waals surface area contributed by atoms with Gasteiger partial charge >= 0.3 is 5.97 Å². The van der Waals surface area contributed by atoms with Gasteiger partial charge in [0.25, 0.3) is 21.8 Å². The second kappa shape index (κ2) is 6.47. The zero-order chi connectivity index (χ0) is 19.1. The van der Waals surface area contributed by atoms with Crippen LogP contribution in [0, 0.1) is 5.92 Å². The zero-order valence-electron chi connectivity index (χ0n) is 14.4. The van der Waals surface area contributed by atoms with Gasteiger partial charge in [-0.2, -0.15) is 0 Å². The van der Waals surface area contributed by atoms with E-state index in [4.69, 9.17) is 5.11 Å². The highest BCUT2D eigenvalue weighted by atomic mass is 32.2. The van der Waals surface area contributed by atoms with Crippen LogP contribution >= 0.6 is 0 Å². The van der Waals surface area contributed by atoms with Crippen molar-refractivity contribution >= 4 is 27.8 Å². The number of hydrogen-bond acceptors (Lipinski definition) is 5. The Morgan fingerprint density at radius 3 is 2.36 bits per heavy atom. The summed E-state index contributed by atoms with van der Waals surface area (Å²) in [6.07, 6.45) is 0. The summed E-state index contributed by atoms with van der Waals surface area (Å²) in [4.78, 5) is 36.6. The minimum Gasteiger partial charge on any atom is -0.481 e. The van der Waals surface area contributed by atoms with E-state index in [0.717, 1.165) is 4.31 Å². The molecule has 0 bridgehead atoms. The van der Waals surface area contributed by atoms with Gasteiger partial charge in [0.15, 0.2) is 0 Å². The molecule has 8 nitrogen and oxygen atoms in total. The monoisotopic (exact) mass is 368 g/mol. The minimum absolute atomic E-state index is 0.0188. The van der Waals surface area contributed by atoms with E-state index in [2.05, 4.69) is 0 Å². The number of sulfonamides is 1. The van der Waals surface area contributed by atoms with Gasteiger partial charge in [0.2, 0.25) is 0 Å². The average Bonchev–Trinajstić information content (AvgIpc) is 2.72. The summed E-state index contributed by atoms with van der Waals surface area (Å²) in [5.74, 6) is -2.92. The van der Waals surface area contributed by atoms with E-state index in [1.54, 1.807) is 13.8 Å². The molecule has 1 heterocycles. The number of carbonyl (C=O) groups is 3. The van der Waals surface area contributed by atoms with E-state index in [1.165, 1.54) is 37.1 Å². The third kappa shape index (κ3) is 3.23. The van der Waals surface area contributed by atoms with Crippen LogP contribution in [0.1, 0.15) is 41.5 Å². The van der Waals surface area contributed by atoms with Crippen molar-refractivity contribution in [1.82, 2.24) is 9.21 Å². The lowest BCUT2D eigenvalue weighted by molar-refractivity contribution is -0.141. The smallest absolute Gasteiger partial charge is 0.308 e. The molecule has 1 aromatic carbocycles. The van der Waals surface area contributed by atoms with Crippen LogP contribution in [0.25, 0.3) is 0 Å². The zero-order valence-corrected chi connectivity index (χ0v) is 15.2. The standard InChI is InChI=1S/C16H20N2O6S/c1-9(2)18-15(20)12-6-5-11(7-13(12)25(18,23)24)14(19)17(4)8-10(3)16(21)22/h5-7,9-10H,8H2,1-4H3,(H,21,22). The van der Waals surface area contributed by atoms with Crippen molar-refractivity contribution in [2.24, 2.45) is 5.92 Å². The lowest BCUT2D eigenvalue weighted by Gasteiger charge is -2.20. The second-order valence-corrected chi connectivity index (χ2v) is 8.12. The maximum absolute atomic E-state index is 12.6. The first-order valence-electron chi connectivity index (χ1n) is 7.69. The third-order valence-corrected chi connectivity index (χ3v) is 5.98. The predicted molar refractivity (Wildman–Crippen MR) is 88.7 cm³/mol. The normalized spacial score (nSPS) is 16.7. The highest BCUT2D eigenvalue weighted by molar-refractivity contribution is 7.90. The Labute approximate surface area is 146 Å². The molecule has 2 rings (SSSR count). The number of carboxylic acids is 1. The van der Waals surface area contributed by atoms with Crippen LogP contribution in [0.15, 0.2) is 23.1 Å². The van der Waals surface area contributed by atoms with Crippen LogP contribution in [0.5, 0.6) is 0 Å². The summed E-state index contributed by atoms with van der Waals surface area (Å²) >= 11 is 0. The van der Waals surface area contributed by atoms with Gasteiger partial charge in [-0.25, -0.2) is 12.7 Å². The van der Waals surface area contributed by atoms with Gasteiger partial charge < -0.3 is 10.0 Å². The Kier molecular flexibility index (Phi) is 4.90. The number of fused-ring (bicyclic) bond motifs is 1. The summed E-state index contributed by atoms with van der Waals surface area (Å²) in [6, 6.07) is 3.33. The summed E-state index contributed by atoms with van der Waals surface area (Å²) in [5, 5.41) is 8.93. The van der Waals surface area contributed by atoms with Crippen LogP contribution in [0.4, 0.5) is 0 Å². The Bertz CT molecular complexity index is 846. The van der Waals surface area contributed by atoms with E-state index in [0.29, 0.717) is 0 Å². The van der Waals surface area contributed by atoms with E-state index < -0.39 is 39.8 Å². The molecule has 136 valence electrons. The highest BCUT2D eigenvalue weighted by Crippen LogP contribution is 2.32. The first-order chi connectivity index (χ1) is 11.5. The van der Waals surface area contributed by atoms with Gasteiger partial charge in [-0.3, -0.25) is 14.4 Å². The van der Waals surface area contributed by atoms with E-state index >= 15 is 0 Å². The van der Waals surface area contributed by atoms with Crippen molar-refractivity contribution in [3.05, 3.63) is 29.3 Å². The lowest BCUT2D eigenvalue weighted by Crippen LogP contribution is -2.36. The molecular weight excluding hydrogens is 348 g/mol. The Morgan fingerprint density at radius 1 is 1.24 bits per heavy atom. The number of nitrogens with zero attached hydrogens (tertiary/aromatic N) is 2. The Balaban J connectivity index is 2.37. The summed E-state index contributed by atoms with van der Waals surface area (Å²) < 4.78 is 25.9. The molecule has 0 spiro atoms. The van der Waals surface area contributed by atoms with E-state index in [-0.39, 0.29) is 22.6 Å². The largest absolute Gasteiger partial charge is 0.481 e. The van der Waals surface area contributed by atoms with Gasteiger partial charge in [-0.15, -0.1) is 0 Å². The molecule has 0 radical (unpaired) electrons. The molecule has 0 aliphatic carbocycles. The summed E-state index contributed by atoms with van der Waals surface area (Å²) in [7, 11) is -2.55. The van der Waals surface area contributed by atoms with Crippen molar-refractivity contribution < 1.29 is 27.9 Å². The SMILES string of the molecule is CC(CN(C)C(=O)c1ccc2c(c1)S(=O)(=O)N(C(C)C)C2=O)C(=O)O. The van der Waals surface area contributed by atoms with E-state index in [9.17, 15) is 22.8 Å². The quantitative estimate of drug-likeness (QED) is 0.831. The van der Waals surface area contributed by atoms with Gasteiger partial charge in [0.05, 0.1) is 11.5 Å². The van der Waals surface area contributed by atoms with Gasteiger partial charge in [0, 0.05) is 25.2 Å². The first kappa shape index (κ1) is 18.9.